The summed E-state index contributed by atoms with van der Waals surface area (Å²) in [5.41, 5.74) is 3.40. The first-order chi connectivity index (χ1) is 16.3. The zero-order valence-corrected chi connectivity index (χ0v) is 20.6. The molecule has 1 aromatic heterocycles. The number of benzene rings is 2. The molecule has 0 amide bonds. The van der Waals surface area contributed by atoms with Gasteiger partial charge in [-0.15, -0.1) is 0 Å². The van der Waals surface area contributed by atoms with Crippen LogP contribution in [0.15, 0.2) is 36.5 Å². The molecule has 0 unspecified atom stereocenters. The molecule has 3 aromatic rings. The van der Waals surface area contributed by atoms with Gasteiger partial charge in [-0.25, -0.2) is 4.39 Å². The monoisotopic (exact) mass is 483 g/mol. The number of anilines is 1. The minimum Gasteiger partial charge on any atom is -0.504 e. The number of carbonyl (C=O) groups excluding carboxylic acids is 1. The molecule has 1 heterocycles. The highest BCUT2D eigenvalue weighted by Gasteiger charge is 2.24. The van der Waals surface area contributed by atoms with E-state index in [1.165, 1.54) is 12.1 Å². The van der Waals surface area contributed by atoms with E-state index >= 15 is 0 Å². The summed E-state index contributed by atoms with van der Waals surface area (Å²) in [5.74, 6) is -0.610. The molecular formula is C27H31ClFN3O2. The van der Waals surface area contributed by atoms with E-state index < -0.39 is 11.6 Å². The minimum absolute atomic E-state index is 0.0299. The number of carbonyl (C=O) groups is 1. The maximum Gasteiger partial charge on any atom is 0.170 e. The van der Waals surface area contributed by atoms with Gasteiger partial charge >= 0.3 is 0 Å². The lowest BCUT2D eigenvalue weighted by Gasteiger charge is -2.32. The number of rotatable bonds is 7. The number of phenols is 1. The van der Waals surface area contributed by atoms with Crippen molar-refractivity contribution in [2.45, 2.75) is 45.1 Å². The van der Waals surface area contributed by atoms with Crippen molar-refractivity contribution in [2.24, 2.45) is 5.92 Å². The van der Waals surface area contributed by atoms with Crippen LogP contribution in [0.4, 0.5) is 10.1 Å². The Morgan fingerprint density at radius 1 is 1.18 bits per heavy atom. The van der Waals surface area contributed by atoms with E-state index in [2.05, 4.69) is 29.3 Å². The summed E-state index contributed by atoms with van der Waals surface area (Å²) in [7, 11) is 4.22. The Morgan fingerprint density at radius 3 is 2.56 bits per heavy atom. The molecule has 1 saturated carbocycles. The Hall–Kier alpha value is -2.70. The van der Waals surface area contributed by atoms with Gasteiger partial charge in [-0.2, -0.15) is 0 Å². The lowest BCUT2D eigenvalue weighted by Crippen LogP contribution is -2.31. The van der Waals surface area contributed by atoms with Gasteiger partial charge in [-0.1, -0.05) is 24.6 Å². The first-order valence-corrected chi connectivity index (χ1v) is 12.2. The number of Topliss-reactive ketones (excluding diaryl/α,β-unsaturated/α-hetero) is 1. The number of halogens is 2. The first kappa shape index (κ1) is 24.4. The predicted octanol–water partition coefficient (Wildman–Crippen LogP) is 6.52. The van der Waals surface area contributed by atoms with Crippen molar-refractivity contribution in [1.29, 1.82) is 0 Å². The normalized spacial score (nSPS) is 18.4. The Labute approximate surface area is 204 Å². The molecule has 7 heteroatoms. The molecule has 1 aliphatic rings. The largest absolute Gasteiger partial charge is 0.504 e. The van der Waals surface area contributed by atoms with Crippen LogP contribution in [0.1, 0.15) is 49.4 Å². The fourth-order valence-corrected chi connectivity index (χ4v) is 5.08. The number of nitrogens with zero attached hydrogens (tertiary/aromatic N) is 2. The Balaban J connectivity index is 1.72. The average molecular weight is 484 g/mol. The standard InChI is InChI=1S/C27H31ClFN3O2/c1-4-25(33)21-14-30-24-10-7-17(18-12-22(28)27(34)23(29)13-18)11-20(24)26(21)31-19-8-5-16(6-9-19)15-32(2)3/h7,10-14,16,19,34H,4-6,8-9,15H2,1-3H3,(H,30,31). The Bertz CT molecular complexity index is 1180. The van der Waals surface area contributed by atoms with E-state index in [1.807, 2.05) is 25.1 Å². The van der Waals surface area contributed by atoms with E-state index in [-0.39, 0.29) is 16.8 Å². The van der Waals surface area contributed by atoms with Gasteiger partial charge in [0.2, 0.25) is 0 Å². The third-order valence-corrected chi connectivity index (χ3v) is 6.95. The van der Waals surface area contributed by atoms with Gasteiger partial charge in [0.25, 0.3) is 0 Å². The van der Waals surface area contributed by atoms with Gasteiger partial charge in [-0.3, -0.25) is 9.78 Å². The van der Waals surface area contributed by atoms with Gasteiger partial charge in [0.05, 0.1) is 21.8 Å². The van der Waals surface area contributed by atoms with Crippen molar-refractivity contribution in [3.05, 3.63) is 52.9 Å². The summed E-state index contributed by atoms with van der Waals surface area (Å²) in [6.45, 7) is 2.94. The third kappa shape index (κ3) is 5.18. The van der Waals surface area contributed by atoms with E-state index in [4.69, 9.17) is 11.6 Å². The molecule has 0 spiro atoms. The average Bonchev–Trinajstić information content (AvgIpc) is 2.82. The number of ketones is 1. The van der Waals surface area contributed by atoms with Gasteiger partial charge in [0.15, 0.2) is 17.3 Å². The van der Waals surface area contributed by atoms with Crippen LogP contribution in [0.2, 0.25) is 5.02 Å². The van der Waals surface area contributed by atoms with E-state index in [1.54, 1.807) is 6.20 Å². The lowest BCUT2D eigenvalue weighted by molar-refractivity contribution is 0.0988. The molecule has 0 atom stereocenters. The molecule has 0 bridgehead atoms. The smallest absolute Gasteiger partial charge is 0.170 e. The quantitative estimate of drug-likeness (QED) is 0.374. The van der Waals surface area contributed by atoms with Crippen molar-refractivity contribution < 1.29 is 14.3 Å². The number of pyridine rings is 1. The molecule has 5 nitrogen and oxygen atoms in total. The molecule has 0 saturated heterocycles. The van der Waals surface area contributed by atoms with Crippen LogP contribution in [0.3, 0.4) is 0 Å². The molecule has 180 valence electrons. The van der Waals surface area contributed by atoms with Gasteiger partial charge in [-0.05, 0) is 81.1 Å². The summed E-state index contributed by atoms with van der Waals surface area (Å²) >= 11 is 6.01. The summed E-state index contributed by atoms with van der Waals surface area (Å²) in [6.07, 6.45) is 6.42. The Morgan fingerprint density at radius 2 is 1.91 bits per heavy atom. The summed E-state index contributed by atoms with van der Waals surface area (Å²) in [5, 5.41) is 14.1. The number of fused-ring (bicyclic) bond motifs is 1. The molecular weight excluding hydrogens is 453 g/mol. The van der Waals surface area contributed by atoms with Crippen LogP contribution in [0, 0.1) is 11.7 Å². The number of hydrogen-bond donors (Lipinski definition) is 2. The summed E-state index contributed by atoms with van der Waals surface area (Å²) in [6, 6.07) is 8.69. The number of aromatic hydroxyl groups is 1. The van der Waals surface area contributed by atoms with Gasteiger partial charge in [0, 0.05) is 30.6 Å². The second kappa shape index (κ2) is 10.3. The molecule has 34 heavy (non-hydrogen) atoms. The Kier molecular flexibility index (Phi) is 7.39. The molecule has 0 aliphatic heterocycles. The van der Waals surface area contributed by atoms with Crippen LogP contribution in [0.25, 0.3) is 22.0 Å². The second-order valence-corrected chi connectivity index (χ2v) is 9.88. The predicted molar refractivity (Wildman–Crippen MR) is 136 cm³/mol. The van der Waals surface area contributed by atoms with Crippen LogP contribution in [-0.2, 0) is 0 Å². The van der Waals surface area contributed by atoms with E-state index in [0.717, 1.165) is 54.4 Å². The fraction of sp³-hybridized carbons (Fsp3) is 0.407. The number of hydrogen-bond acceptors (Lipinski definition) is 5. The lowest BCUT2D eigenvalue weighted by atomic mass is 9.85. The SMILES string of the molecule is CCC(=O)c1cnc2ccc(-c3cc(F)c(O)c(Cl)c3)cc2c1NC1CCC(CN(C)C)CC1. The first-order valence-electron chi connectivity index (χ1n) is 11.8. The molecule has 1 aliphatic carbocycles. The molecule has 0 radical (unpaired) electrons. The minimum atomic E-state index is -0.775. The highest BCUT2D eigenvalue weighted by atomic mass is 35.5. The van der Waals surface area contributed by atoms with E-state index in [9.17, 15) is 14.3 Å². The summed E-state index contributed by atoms with van der Waals surface area (Å²) < 4.78 is 14.1. The maximum absolute atomic E-state index is 14.1. The van der Waals surface area contributed by atoms with Crippen molar-refractivity contribution in [3.8, 4) is 16.9 Å². The second-order valence-electron chi connectivity index (χ2n) is 9.47. The number of phenolic OH excluding ortho intramolecular Hbond substituents is 1. The molecule has 2 N–H and O–H groups in total. The summed E-state index contributed by atoms with van der Waals surface area (Å²) in [4.78, 5) is 19.6. The fourth-order valence-electron chi connectivity index (χ4n) is 4.87. The maximum atomic E-state index is 14.1. The highest BCUT2D eigenvalue weighted by Crippen LogP contribution is 2.37. The highest BCUT2D eigenvalue weighted by molar-refractivity contribution is 6.32. The zero-order chi connectivity index (χ0) is 24.4. The topological polar surface area (TPSA) is 65.5 Å². The van der Waals surface area contributed by atoms with Gasteiger partial charge in [0.1, 0.15) is 0 Å². The van der Waals surface area contributed by atoms with Crippen LogP contribution in [-0.4, -0.2) is 47.5 Å². The number of aromatic nitrogens is 1. The van der Waals surface area contributed by atoms with Crippen molar-refractivity contribution in [2.75, 3.05) is 26.0 Å². The van der Waals surface area contributed by atoms with Crippen LogP contribution < -0.4 is 5.32 Å². The molecule has 2 aromatic carbocycles. The van der Waals surface area contributed by atoms with Crippen molar-refractivity contribution in [1.82, 2.24) is 9.88 Å². The van der Waals surface area contributed by atoms with Crippen molar-refractivity contribution in [3.63, 3.8) is 0 Å². The number of nitrogens with one attached hydrogen (secondary N) is 1. The van der Waals surface area contributed by atoms with Crippen molar-refractivity contribution >= 4 is 34.0 Å². The van der Waals surface area contributed by atoms with Crippen LogP contribution >= 0.6 is 11.6 Å². The molecule has 1 fully saturated rings. The van der Waals surface area contributed by atoms with Gasteiger partial charge < -0.3 is 15.3 Å². The molecule has 4 rings (SSSR count). The third-order valence-electron chi connectivity index (χ3n) is 6.66. The van der Waals surface area contributed by atoms with Crippen LogP contribution in [0.5, 0.6) is 5.75 Å². The zero-order valence-electron chi connectivity index (χ0n) is 19.9. The van der Waals surface area contributed by atoms with E-state index in [0.29, 0.717) is 23.5 Å².